The largest absolute Gasteiger partial charge is 0.349 e. The molecule has 0 saturated heterocycles. The molecular weight excluding hydrogens is 290 g/mol. The van der Waals surface area contributed by atoms with Gasteiger partial charge in [0.25, 0.3) is 5.91 Å². The highest BCUT2D eigenvalue weighted by atomic mass is 79.9. The molecule has 1 amide bonds. The number of hydrogen-bond acceptors (Lipinski definition) is 1. The van der Waals surface area contributed by atoms with Crippen LogP contribution in [0.3, 0.4) is 0 Å². The van der Waals surface area contributed by atoms with Crippen LogP contribution in [0.5, 0.6) is 0 Å². The summed E-state index contributed by atoms with van der Waals surface area (Å²) < 4.78 is 0.906. The first-order valence-electron chi connectivity index (χ1n) is 6.67. The van der Waals surface area contributed by atoms with Crippen molar-refractivity contribution in [3.63, 3.8) is 0 Å². The van der Waals surface area contributed by atoms with Gasteiger partial charge in [-0.3, -0.25) is 4.79 Å². The van der Waals surface area contributed by atoms with Crippen LogP contribution in [0.25, 0.3) is 0 Å². The highest BCUT2D eigenvalue weighted by molar-refractivity contribution is 9.10. The molecule has 1 aromatic rings. The summed E-state index contributed by atoms with van der Waals surface area (Å²) in [6.45, 7) is 4.14. The maximum atomic E-state index is 12.2. The van der Waals surface area contributed by atoms with Gasteiger partial charge in [-0.1, -0.05) is 31.9 Å². The van der Waals surface area contributed by atoms with Crippen molar-refractivity contribution in [2.24, 2.45) is 5.92 Å². The van der Waals surface area contributed by atoms with Gasteiger partial charge >= 0.3 is 0 Å². The van der Waals surface area contributed by atoms with Gasteiger partial charge in [0.2, 0.25) is 0 Å². The normalized spacial score (nSPS) is 16.4. The Morgan fingerprint density at radius 3 is 2.83 bits per heavy atom. The van der Waals surface area contributed by atoms with Crippen molar-refractivity contribution in [1.29, 1.82) is 0 Å². The third-order valence-corrected chi connectivity index (χ3v) is 4.63. The number of aryl methyl sites for hydroxylation is 1. The predicted molar refractivity (Wildman–Crippen MR) is 77.8 cm³/mol. The summed E-state index contributed by atoms with van der Waals surface area (Å²) in [4.78, 5) is 12.2. The van der Waals surface area contributed by atoms with E-state index >= 15 is 0 Å². The van der Waals surface area contributed by atoms with Crippen LogP contribution in [-0.4, -0.2) is 11.9 Å². The summed E-state index contributed by atoms with van der Waals surface area (Å²) in [5.74, 6) is 0.884. The zero-order chi connectivity index (χ0) is 13.1. The highest BCUT2D eigenvalue weighted by Crippen LogP contribution is 2.34. The number of nitrogens with one attached hydrogen (secondary N) is 1. The number of halogens is 1. The molecule has 1 aliphatic carbocycles. The Balaban J connectivity index is 2.03. The molecule has 0 radical (unpaired) electrons. The van der Waals surface area contributed by atoms with E-state index in [0.29, 0.717) is 6.04 Å². The summed E-state index contributed by atoms with van der Waals surface area (Å²) in [5.41, 5.74) is 1.84. The average Bonchev–Trinajstić information content (AvgIpc) is 3.15. The lowest BCUT2D eigenvalue weighted by atomic mass is 10.1. The van der Waals surface area contributed by atoms with Gasteiger partial charge in [0.1, 0.15) is 0 Å². The number of amides is 1. The highest BCUT2D eigenvalue weighted by Gasteiger charge is 2.26. The molecule has 0 heterocycles. The smallest absolute Gasteiger partial charge is 0.252 e. The number of carbonyl (C=O) groups is 1. The van der Waals surface area contributed by atoms with Crippen LogP contribution in [0, 0.1) is 12.8 Å². The zero-order valence-electron chi connectivity index (χ0n) is 11.0. The Labute approximate surface area is 117 Å². The predicted octanol–water partition coefficient (Wildman–Crippen LogP) is 4.07. The number of carbonyl (C=O) groups excluding carboxylic acids is 1. The van der Waals surface area contributed by atoms with Crippen LogP contribution in [0.4, 0.5) is 0 Å². The van der Waals surface area contributed by atoms with Crippen LogP contribution in [0.2, 0.25) is 0 Å². The molecule has 1 aliphatic rings. The summed E-state index contributed by atoms with van der Waals surface area (Å²) in [6, 6.07) is 6.12. The topological polar surface area (TPSA) is 29.1 Å². The number of benzene rings is 1. The lowest BCUT2D eigenvalue weighted by Gasteiger charge is -2.17. The fraction of sp³-hybridized carbons (Fsp3) is 0.533. The van der Waals surface area contributed by atoms with Gasteiger partial charge in [-0.25, -0.2) is 0 Å². The molecular formula is C15H20BrNO. The molecule has 1 saturated carbocycles. The lowest BCUT2D eigenvalue weighted by molar-refractivity contribution is 0.0932. The number of rotatable bonds is 5. The lowest BCUT2D eigenvalue weighted by Crippen LogP contribution is -2.35. The molecule has 1 atom stereocenters. The molecule has 0 bridgehead atoms. The third kappa shape index (κ3) is 3.35. The van der Waals surface area contributed by atoms with Crippen LogP contribution >= 0.6 is 15.9 Å². The molecule has 2 rings (SSSR count). The second kappa shape index (κ2) is 5.87. The van der Waals surface area contributed by atoms with Crippen LogP contribution in [0.1, 0.15) is 48.5 Å². The van der Waals surface area contributed by atoms with E-state index in [9.17, 15) is 4.79 Å². The maximum Gasteiger partial charge on any atom is 0.252 e. The number of hydrogen-bond donors (Lipinski definition) is 1. The molecule has 3 heteroatoms. The molecule has 1 fully saturated rings. The minimum Gasteiger partial charge on any atom is -0.349 e. The van der Waals surface area contributed by atoms with Gasteiger partial charge in [-0.05, 0) is 53.2 Å². The van der Waals surface area contributed by atoms with Crippen molar-refractivity contribution in [3.05, 3.63) is 33.8 Å². The van der Waals surface area contributed by atoms with E-state index in [2.05, 4.69) is 28.2 Å². The fourth-order valence-electron chi connectivity index (χ4n) is 2.17. The summed E-state index contributed by atoms with van der Waals surface area (Å²) in [7, 11) is 0. The van der Waals surface area contributed by atoms with Gasteiger partial charge in [0.15, 0.2) is 0 Å². The second-order valence-electron chi connectivity index (χ2n) is 5.19. The molecule has 1 aromatic carbocycles. The molecule has 0 aliphatic heterocycles. The molecule has 1 N–H and O–H groups in total. The minimum absolute atomic E-state index is 0.0399. The SMILES string of the molecule is CCC(CC1CC1)NC(=O)c1cccc(C)c1Br. The van der Waals surface area contributed by atoms with Crippen molar-refractivity contribution < 1.29 is 4.79 Å². The minimum atomic E-state index is 0.0399. The van der Waals surface area contributed by atoms with Gasteiger partial charge in [-0.15, -0.1) is 0 Å². The van der Waals surface area contributed by atoms with E-state index in [0.717, 1.165) is 34.4 Å². The van der Waals surface area contributed by atoms with E-state index in [1.54, 1.807) is 0 Å². The molecule has 2 nitrogen and oxygen atoms in total. The monoisotopic (exact) mass is 309 g/mol. The van der Waals surface area contributed by atoms with Gasteiger partial charge in [-0.2, -0.15) is 0 Å². The summed E-state index contributed by atoms with van der Waals surface area (Å²) in [6.07, 6.45) is 4.80. The van der Waals surface area contributed by atoms with Crippen molar-refractivity contribution in [2.75, 3.05) is 0 Å². The van der Waals surface area contributed by atoms with E-state index in [1.165, 1.54) is 12.8 Å². The van der Waals surface area contributed by atoms with Crippen molar-refractivity contribution in [3.8, 4) is 0 Å². The van der Waals surface area contributed by atoms with E-state index in [1.807, 2.05) is 25.1 Å². The van der Waals surface area contributed by atoms with E-state index in [4.69, 9.17) is 0 Å². The van der Waals surface area contributed by atoms with Gasteiger partial charge in [0.05, 0.1) is 5.56 Å². The molecule has 98 valence electrons. The summed E-state index contributed by atoms with van der Waals surface area (Å²) in [5, 5.41) is 3.15. The quantitative estimate of drug-likeness (QED) is 0.873. The maximum absolute atomic E-state index is 12.2. The third-order valence-electron chi connectivity index (χ3n) is 3.58. The fourth-order valence-corrected chi connectivity index (χ4v) is 2.61. The first-order valence-corrected chi connectivity index (χ1v) is 7.47. The summed E-state index contributed by atoms with van der Waals surface area (Å²) >= 11 is 3.49. The molecule has 0 aromatic heterocycles. The van der Waals surface area contributed by atoms with Gasteiger partial charge < -0.3 is 5.32 Å². The Morgan fingerprint density at radius 2 is 2.22 bits per heavy atom. The van der Waals surface area contributed by atoms with Crippen molar-refractivity contribution in [2.45, 2.75) is 45.6 Å². The van der Waals surface area contributed by atoms with Crippen LogP contribution in [0.15, 0.2) is 22.7 Å². The first-order chi connectivity index (χ1) is 8.61. The van der Waals surface area contributed by atoms with Crippen molar-refractivity contribution in [1.82, 2.24) is 5.32 Å². The Kier molecular flexibility index (Phi) is 4.44. The Bertz CT molecular complexity index is 440. The van der Waals surface area contributed by atoms with Crippen molar-refractivity contribution >= 4 is 21.8 Å². The van der Waals surface area contributed by atoms with Crippen LogP contribution in [-0.2, 0) is 0 Å². The molecule has 0 spiro atoms. The van der Waals surface area contributed by atoms with E-state index in [-0.39, 0.29) is 5.91 Å². The average molecular weight is 310 g/mol. The Hall–Kier alpha value is -0.830. The molecule has 18 heavy (non-hydrogen) atoms. The molecule has 1 unspecified atom stereocenters. The second-order valence-corrected chi connectivity index (χ2v) is 5.99. The first kappa shape index (κ1) is 13.6. The van der Waals surface area contributed by atoms with Crippen LogP contribution < -0.4 is 5.32 Å². The standard InChI is InChI=1S/C15H20BrNO/c1-3-12(9-11-7-8-11)17-15(18)13-6-4-5-10(2)14(13)16/h4-6,11-12H,3,7-9H2,1-2H3,(H,17,18). The zero-order valence-corrected chi connectivity index (χ0v) is 12.6. The Morgan fingerprint density at radius 1 is 1.50 bits per heavy atom. The van der Waals surface area contributed by atoms with E-state index < -0.39 is 0 Å². The van der Waals surface area contributed by atoms with Gasteiger partial charge in [0, 0.05) is 10.5 Å².